The molecule has 1 atom stereocenters. The Labute approximate surface area is 188 Å². The maximum Gasteiger partial charge on any atom is 0.274 e. The van der Waals surface area contributed by atoms with Gasteiger partial charge in [0.2, 0.25) is 5.91 Å². The molecule has 164 valence electrons. The number of carbonyl (C=O) groups excluding carboxylic acids is 2. The van der Waals surface area contributed by atoms with Crippen LogP contribution in [0.15, 0.2) is 42.5 Å². The zero-order valence-electron chi connectivity index (χ0n) is 17.4. The zero-order valence-corrected chi connectivity index (χ0v) is 18.1. The van der Waals surface area contributed by atoms with E-state index >= 15 is 0 Å². The number of anilines is 2. The van der Waals surface area contributed by atoms with Crippen molar-refractivity contribution in [2.24, 2.45) is 0 Å². The van der Waals surface area contributed by atoms with Crippen LogP contribution in [0.1, 0.15) is 30.6 Å². The number of amides is 2. The van der Waals surface area contributed by atoms with Crippen LogP contribution < -0.4 is 10.6 Å². The third-order valence-corrected chi connectivity index (χ3v) is 5.57. The number of benzene rings is 2. The number of fused-ring (bicyclic) bond motifs is 1. The van der Waals surface area contributed by atoms with Crippen molar-refractivity contribution >= 4 is 40.6 Å². The number of nitrogens with one attached hydrogen (secondary N) is 2. The van der Waals surface area contributed by atoms with Crippen molar-refractivity contribution in [2.75, 3.05) is 10.6 Å². The van der Waals surface area contributed by atoms with Crippen molar-refractivity contribution in [3.8, 4) is 11.1 Å². The fourth-order valence-electron chi connectivity index (χ4n) is 3.78. The quantitative estimate of drug-likeness (QED) is 0.420. The van der Waals surface area contributed by atoms with Crippen molar-refractivity contribution in [3.05, 3.63) is 68.9 Å². The highest BCUT2D eigenvalue weighted by molar-refractivity contribution is 6.30. The van der Waals surface area contributed by atoms with Crippen LogP contribution >= 0.6 is 11.6 Å². The van der Waals surface area contributed by atoms with Gasteiger partial charge in [-0.15, -0.1) is 0 Å². The Hall–Kier alpha value is -3.72. The summed E-state index contributed by atoms with van der Waals surface area (Å²) >= 11 is 6.14. The summed E-state index contributed by atoms with van der Waals surface area (Å²) in [4.78, 5) is 35.9. The van der Waals surface area contributed by atoms with Gasteiger partial charge in [-0.3, -0.25) is 19.7 Å². The van der Waals surface area contributed by atoms with Gasteiger partial charge in [-0.1, -0.05) is 36.7 Å². The molecule has 0 radical (unpaired) electrons. The highest BCUT2D eigenvalue weighted by atomic mass is 35.5. The van der Waals surface area contributed by atoms with Crippen molar-refractivity contribution in [1.29, 1.82) is 0 Å². The topological polar surface area (TPSA) is 119 Å². The second kappa shape index (κ2) is 8.43. The number of halogens is 1. The van der Waals surface area contributed by atoms with Crippen LogP contribution in [0.2, 0.25) is 5.02 Å². The molecule has 3 aromatic rings. The van der Waals surface area contributed by atoms with E-state index in [0.29, 0.717) is 28.5 Å². The molecule has 0 spiro atoms. The highest BCUT2D eigenvalue weighted by Crippen LogP contribution is 2.39. The SMILES string of the molecule is CCc1nn2c(c1-c1cccc(Cl)c1)NC(=O)C2CC(=O)Nc1ccc(C)c([N+](=O)[O-])c1. The minimum absolute atomic E-state index is 0.0884. The van der Waals surface area contributed by atoms with Crippen molar-refractivity contribution in [2.45, 2.75) is 32.7 Å². The van der Waals surface area contributed by atoms with Crippen LogP contribution in [0.4, 0.5) is 17.2 Å². The first-order valence-electron chi connectivity index (χ1n) is 10.0. The summed E-state index contributed by atoms with van der Waals surface area (Å²) in [6.45, 7) is 3.58. The number of aromatic nitrogens is 2. The summed E-state index contributed by atoms with van der Waals surface area (Å²) in [7, 11) is 0. The first kappa shape index (κ1) is 21.5. The molecule has 2 heterocycles. The molecule has 0 bridgehead atoms. The molecule has 9 nitrogen and oxygen atoms in total. The summed E-state index contributed by atoms with van der Waals surface area (Å²) < 4.78 is 1.54. The Morgan fingerprint density at radius 2 is 2.09 bits per heavy atom. The van der Waals surface area contributed by atoms with E-state index in [1.165, 1.54) is 10.7 Å². The molecule has 1 aromatic heterocycles. The Kier molecular flexibility index (Phi) is 5.67. The molecule has 1 unspecified atom stereocenters. The molecule has 1 aliphatic rings. The third kappa shape index (κ3) is 3.94. The average molecular weight is 454 g/mol. The first-order valence-corrected chi connectivity index (χ1v) is 10.4. The smallest absolute Gasteiger partial charge is 0.274 e. The minimum Gasteiger partial charge on any atom is -0.326 e. The second-order valence-corrected chi connectivity index (χ2v) is 7.93. The molecule has 32 heavy (non-hydrogen) atoms. The normalized spacial score (nSPS) is 14.7. The Bertz CT molecular complexity index is 1250. The number of hydrogen-bond acceptors (Lipinski definition) is 5. The molecule has 0 saturated carbocycles. The van der Waals surface area contributed by atoms with Crippen LogP contribution in [0.3, 0.4) is 0 Å². The molecule has 0 fully saturated rings. The summed E-state index contributed by atoms with van der Waals surface area (Å²) in [5.74, 6) is -0.268. The van der Waals surface area contributed by atoms with Crippen molar-refractivity contribution < 1.29 is 14.5 Å². The molecule has 1 aliphatic heterocycles. The lowest BCUT2D eigenvalue weighted by Gasteiger charge is -2.10. The maximum absolute atomic E-state index is 12.7. The second-order valence-electron chi connectivity index (χ2n) is 7.49. The lowest BCUT2D eigenvalue weighted by Crippen LogP contribution is -2.24. The van der Waals surface area contributed by atoms with Crippen molar-refractivity contribution in [3.63, 3.8) is 0 Å². The molecular formula is C22H20ClN5O4. The number of aryl methyl sites for hydroxylation is 2. The van der Waals surface area contributed by atoms with Crippen LogP contribution in [0, 0.1) is 17.0 Å². The zero-order chi connectivity index (χ0) is 23.0. The molecule has 0 aliphatic carbocycles. The Morgan fingerprint density at radius 3 is 2.78 bits per heavy atom. The van der Waals surface area contributed by atoms with Gasteiger partial charge in [0.1, 0.15) is 11.9 Å². The summed E-state index contributed by atoms with van der Waals surface area (Å²) in [6, 6.07) is 10.9. The monoisotopic (exact) mass is 453 g/mol. The molecule has 2 aromatic carbocycles. The van der Waals surface area contributed by atoms with E-state index in [4.69, 9.17) is 11.6 Å². The van der Waals surface area contributed by atoms with Crippen molar-refractivity contribution in [1.82, 2.24) is 9.78 Å². The number of nitro groups is 1. The summed E-state index contributed by atoms with van der Waals surface area (Å²) in [6.07, 6.45) is 0.462. The van der Waals surface area contributed by atoms with E-state index < -0.39 is 16.9 Å². The van der Waals surface area contributed by atoms with Crippen LogP contribution in [0.5, 0.6) is 0 Å². The van der Waals surface area contributed by atoms with Gasteiger partial charge >= 0.3 is 0 Å². The average Bonchev–Trinajstić information content (AvgIpc) is 3.24. The predicted molar refractivity (Wildman–Crippen MR) is 121 cm³/mol. The number of carbonyl (C=O) groups is 2. The number of nitrogens with zero attached hydrogens (tertiary/aromatic N) is 3. The lowest BCUT2D eigenvalue weighted by molar-refractivity contribution is -0.385. The Balaban J connectivity index is 1.60. The van der Waals surface area contributed by atoms with Crippen LogP contribution in [-0.2, 0) is 16.0 Å². The van der Waals surface area contributed by atoms with E-state index in [-0.39, 0.29) is 18.0 Å². The third-order valence-electron chi connectivity index (χ3n) is 5.34. The summed E-state index contributed by atoms with van der Waals surface area (Å²) in [5.41, 5.74) is 3.08. The molecule has 4 rings (SSSR count). The van der Waals surface area contributed by atoms with Crippen LogP contribution in [-0.4, -0.2) is 26.5 Å². The molecule has 0 saturated heterocycles. The minimum atomic E-state index is -0.830. The highest BCUT2D eigenvalue weighted by Gasteiger charge is 2.36. The lowest BCUT2D eigenvalue weighted by atomic mass is 10.0. The molecule has 2 N–H and O–H groups in total. The van der Waals surface area contributed by atoms with E-state index in [1.807, 2.05) is 19.1 Å². The van der Waals surface area contributed by atoms with Gasteiger partial charge in [0.15, 0.2) is 0 Å². The Morgan fingerprint density at radius 1 is 1.31 bits per heavy atom. The van der Waals surface area contributed by atoms with Crippen LogP contribution in [0.25, 0.3) is 11.1 Å². The van der Waals surface area contributed by atoms with Gasteiger partial charge in [-0.05, 0) is 37.1 Å². The fraction of sp³-hybridized carbons (Fsp3) is 0.227. The number of rotatable bonds is 6. The summed E-state index contributed by atoms with van der Waals surface area (Å²) in [5, 5.41) is 21.8. The molecule has 2 amide bonds. The van der Waals surface area contributed by atoms with Gasteiger partial charge in [0.25, 0.3) is 11.6 Å². The maximum atomic E-state index is 12.7. The van der Waals surface area contributed by atoms with Gasteiger partial charge in [0.05, 0.1) is 17.0 Å². The number of nitro benzene ring substituents is 1. The van der Waals surface area contributed by atoms with Gasteiger partial charge in [-0.2, -0.15) is 5.10 Å². The standard InChI is InChI=1S/C22H20ClN5O4/c1-3-16-20(13-5-4-6-14(23)9-13)21-25-22(30)18(27(21)26-16)11-19(29)24-15-8-7-12(2)17(10-15)28(31)32/h4-10,18H,3,11H2,1-2H3,(H,24,29)(H,25,30). The van der Waals surface area contributed by atoms with Gasteiger partial charge in [-0.25, -0.2) is 4.68 Å². The van der Waals surface area contributed by atoms with E-state index in [1.54, 1.807) is 31.2 Å². The molecule has 10 heteroatoms. The first-order chi connectivity index (χ1) is 15.3. The number of hydrogen-bond donors (Lipinski definition) is 2. The van der Waals surface area contributed by atoms with Gasteiger partial charge in [0, 0.05) is 27.9 Å². The molecular weight excluding hydrogens is 434 g/mol. The predicted octanol–water partition coefficient (Wildman–Crippen LogP) is 4.50. The van der Waals surface area contributed by atoms with E-state index in [0.717, 1.165) is 16.8 Å². The van der Waals surface area contributed by atoms with E-state index in [2.05, 4.69) is 15.7 Å². The largest absolute Gasteiger partial charge is 0.326 e. The van der Waals surface area contributed by atoms with Gasteiger partial charge < -0.3 is 10.6 Å². The van der Waals surface area contributed by atoms with E-state index in [9.17, 15) is 19.7 Å². The fourth-order valence-corrected chi connectivity index (χ4v) is 3.97.